The molecule has 0 spiro atoms. The van der Waals surface area contributed by atoms with Gasteiger partial charge >= 0.3 is 0 Å². The monoisotopic (exact) mass is 436 g/mol. The highest BCUT2D eigenvalue weighted by atomic mass is 16.2. The Labute approximate surface area is 197 Å². The summed E-state index contributed by atoms with van der Waals surface area (Å²) in [6.07, 6.45) is 5.71. The molecule has 2 aliphatic rings. The largest absolute Gasteiger partial charge is 0.378 e. The maximum absolute atomic E-state index is 13.4. The van der Waals surface area contributed by atoms with Crippen molar-refractivity contribution in [2.24, 2.45) is 5.92 Å². The van der Waals surface area contributed by atoms with Crippen molar-refractivity contribution < 1.29 is 4.79 Å². The SMILES string of the molecule is CCN(C(=O)c1ccc2c(c1)C1C=CCC1C(c1c(C)cc(C)cc1C)N2)c1ccccc1. The van der Waals surface area contributed by atoms with Crippen LogP contribution in [-0.2, 0) is 0 Å². The van der Waals surface area contributed by atoms with Gasteiger partial charge in [0, 0.05) is 29.4 Å². The molecule has 0 aromatic heterocycles. The van der Waals surface area contributed by atoms with E-state index in [0.29, 0.717) is 18.4 Å². The molecule has 5 rings (SSSR count). The highest BCUT2D eigenvalue weighted by Gasteiger charge is 2.39. The van der Waals surface area contributed by atoms with E-state index in [-0.39, 0.29) is 11.9 Å². The zero-order valence-corrected chi connectivity index (χ0v) is 19.9. The summed E-state index contributed by atoms with van der Waals surface area (Å²) >= 11 is 0. The number of benzene rings is 3. The van der Waals surface area contributed by atoms with Gasteiger partial charge in [0.25, 0.3) is 5.91 Å². The number of allylic oxidation sites excluding steroid dienone is 2. The molecule has 0 saturated carbocycles. The summed E-state index contributed by atoms with van der Waals surface area (Å²) in [4.78, 5) is 15.3. The number of carbonyl (C=O) groups excluding carboxylic acids is 1. The van der Waals surface area contributed by atoms with Crippen molar-refractivity contribution in [3.05, 3.63) is 106 Å². The van der Waals surface area contributed by atoms with Gasteiger partial charge in [-0.05, 0) is 92.6 Å². The van der Waals surface area contributed by atoms with Crippen molar-refractivity contribution >= 4 is 17.3 Å². The lowest BCUT2D eigenvalue weighted by Crippen LogP contribution is -2.32. The van der Waals surface area contributed by atoms with Crippen LogP contribution in [0.25, 0.3) is 0 Å². The molecule has 3 unspecified atom stereocenters. The summed E-state index contributed by atoms with van der Waals surface area (Å²) in [5.41, 5.74) is 9.51. The third-order valence-electron chi connectivity index (χ3n) is 7.29. The van der Waals surface area contributed by atoms with Crippen LogP contribution in [0, 0.1) is 26.7 Å². The molecule has 3 aromatic carbocycles. The first-order valence-electron chi connectivity index (χ1n) is 12.0. The van der Waals surface area contributed by atoms with Crippen LogP contribution in [0.15, 0.2) is 72.8 Å². The minimum Gasteiger partial charge on any atom is -0.378 e. The number of aryl methyl sites for hydroxylation is 3. The fraction of sp³-hybridized carbons (Fsp3) is 0.300. The van der Waals surface area contributed by atoms with E-state index in [1.165, 1.54) is 27.8 Å². The van der Waals surface area contributed by atoms with Crippen LogP contribution < -0.4 is 10.2 Å². The van der Waals surface area contributed by atoms with Crippen molar-refractivity contribution in [3.8, 4) is 0 Å². The van der Waals surface area contributed by atoms with E-state index in [2.05, 4.69) is 62.5 Å². The Morgan fingerprint density at radius 2 is 1.73 bits per heavy atom. The van der Waals surface area contributed by atoms with Gasteiger partial charge in [0.05, 0.1) is 6.04 Å². The minimum absolute atomic E-state index is 0.0531. The van der Waals surface area contributed by atoms with E-state index in [1.807, 2.05) is 48.2 Å². The smallest absolute Gasteiger partial charge is 0.258 e. The summed E-state index contributed by atoms with van der Waals surface area (Å²) < 4.78 is 0. The van der Waals surface area contributed by atoms with Crippen molar-refractivity contribution in [1.29, 1.82) is 0 Å². The number of nitrogens with one attached hydrogen (secondary N) is 1. The van der Waals surface area contributed by atoms with Gasteiger partial charge in [-0.25, -0.2) is 0 Å². The first-order valence-corrected chi connectivity index (χ1v) is 12.0. The van der Waals surface area contributed by atoms with Crippen LogP contribution in [-0.4, -0.2) is 12.5 Å². The van der Waals surface area contributed by atoms with Crippen LogP contribution in [0.2, 0.25) is 0 Å². The zero-order chi connectivity index (χ0) is 23.1. The number of hydrogen-bond acceptors (Lipinski definition) is 2. The van der Waals surface area contributed by atoms with Gasteiger partial charge in [-0.15, -0.1) is 0 Å². The molecule has 3 nitrogen and oxygen atoms in total. The predicted molar refractivity (Wildman–Crippen MR) is 137 cm³/mol. The number of anilines is 2. The van der Waals surface area contributed by atoms with Crippen molar-refractivity contribution in [2.45, 2.75) is 46.1 Å². The maximum Gasteiger partial charge on any atom is 0.258 e. The van der Waals surface area contributed by atoms with Crippen LogP contribution in [0.4, 0.5) is 11.4 Å². The molecule has 1 aliphatic heterocycles. The fourth-order valence-corrected chi connectivity index (χ4v) is 5.90. The van der Waals surface area contributed by atoms with Crippen LogP contribution >= 0.6 is 0 Å². The lowest BCUT2D eigenvalue weighted by molar-refractivity contribution is 0.0988. The first kappa shape index (κ1) is 21.5. The van der Waals surface area contributed by atoms with Gasteiger partial charge in [-0.3, -0.25) is 4.79 Å². The summed E-state index contributed by atoms with van der Waals surface area (Å²) in [7, 11) is 0. The number of carbonyl (C=O) groups is 1. The Morgan fingerprint density at radius 3 is 2.42 bits per heavy atom. The molecular formula is C30H32N2O. The second-order valence-electron chi connectivity index (χ2n) is 9.47. The van der Waals surface area contributed by atoms with E-state index in [0.717, 1.165) is 23.4 Å². The molecule has 0 radical (unpaired) electrons. The number of fused-ring (bicyclic) bond motifs is 3. The highest BCUT2D eigenvalue weighted by molar-refractivity contribution is 6.06. The van der Waals surface area contributed by atoms with Gasteiger partial charge in [-0.1, -0.05) is 48.0 Å². The Bertz CT molecular complexity index is 1200. The highest BCUT2D eigenvalue weighted by Crippen LogP contribution is 2.51. The van der Waals surface area contributed by atoms with Crippen molar-refractivity contribution in [3.63, 3.8) is 0 Å². The van der Waals surface area contributed by atoms with Gasteiger partial charge in [0.15, 0.2) is 0 Å². The lowest BCUT2D eigenvalue weighted by atomic mass is 9.74. The Kier molecular flexibility index (Phi) is 5.57. The predicted octanol–water partition coefficient (Wildman–Crippen LogP) is 7.11. The van der Waals surface area contributed by atoms with E-state index in [9.17, 15) is 4.79 Å². The standard InChI is InChI=1S/C30H32N2O/c1-5-32(23-10-7-6-8-11-23)30(33)22-14-15-27-26(18-22)24-12-9-13-25(24)29(31-27)28-20(3)16-19(2)17-21(28)4/h6-12,14-18,24-25,29,31H,5,13H2,1-4H3. The molecule has 1 heterocycles. The molecule has 3 aromatic rings. The molecule has 0 saturated heterocycles. The van der Waals surface area contributed by atoms with E-state index >= 15 is 0 Å². The molecule has 3 heteroatoms. The Balaban J connectivity index is 1.52. The number of hydrogen-bond donors (Lipinski definition) is 1. The second kappa shape index (κ2) is 8.55. The van der Waals surface area contributed by atoms with Gasteiger partial charge in [0.2, 0.25) is 0 Å². The molecule has 1 amide bonds. The molecule has 1 aliphatic carbocycles. The van der Waals surface area contributed by atoms with E-state index < -0.39 is 0 Å². The fourth-order valence-electron chi connectivity index (χ4n) is 5.90. The number of amides is 1. The van der Waals surface area contributed by atoms with Gasteiger partial charge < -0.3 is 10.2 Å². The molecular weight excluding hydrogens is 404 g/mol. The second-order valence-corrected chi connectivity index (χ2v) is 9.47. The molecule has 0 fully saturated rings. The van der Waals surface area contributed by atoms with Crippen LogP contribution in [0.1, 0.15) is 63.5 Å². The van der Waals surface area contributed by atoms with Crippen molar-refractivity contribution in [2.75, 3.05) is 16.8 Å². The Morgan fingerprint density at radius 1 is 1.00 bits per heavy atom. The van der Waals surface area contributed by atoms with Crippen LogP contribution in [0.5, 0.6) is 0 Å². The Hall–Kier alpha value is -3.33. The third-order valence-corrected chi connectivity index (χ3v) is 7.29. The average Bonchev–Trinajstić information content (AvgIpc) is 3.30. The minimum atomic E-state index is 0.0531. The van der Waals surface area contributed by atoms with Crippen LogP contribution in [0.3, 0.4) is 0 Å². The van der Waals surface area contributed by atoms with Gasteiger partial charge in [-0.2, -0.15) is 0 Å². The van der Waals surface area contributed by atoms with Gasteiger partial charge in [0.1, 0.15) is 0 Å². The summed E-state index contributed by atoms with van der Waals surface area (Å²) in [5, 5.41) is 3.86. The number of para-hydroxylation sites is 1. The molecule has 33 heavy (non-hydrogen) atoms. The topological polar surface area (TPSA) is 32.3 Å². The van der Waals surface area contributed by atoms with Crippen molar-refractivity contribution in [1.82, 2.24) is 0 Å². The average molecular weight is 437 g/mol. The number of rotatable bonds is 4. The zero-order valence-electron chi connectivity index (χ0n) is 19.9. The summed E-state index contributed by atoms with van der Waals surface area (Å²) in [5.74, 6) is 0.836. The molecule has 168 valence electrons. The lowest BCUT2D eigenvalue weighted by Gasteiger charge is -2.39. The molecule has 1 N–H and O–H groups in total. The van der Waals surface area contributed by atoms with E-state index in [4.69, 9.17) is 0 Å². The summed E-state index contributed by atoms with van der Waals surface area (Å²) in [6.45, 7) is 9.29. The molecule has 3 atom stereocenters. The molecule has 0 bridgehead atoms. The first-order chi connectivity index (χ1) is 16.0. The quantitative estimate of drug-likeness (QED) is 0.442. The summed E-state index contributed by atoms with van der Waals surface area (Å²) in [6, 6.07) is 21.0. The number of nitrogens with zero attached hydrogens (tertiary/aromatic N) is 1. The normalized spacial score (nSPS) is 20.7. The van der Waals surface area contributed by atoms with E-state index in [1.54, 1.807) is 0 Å². The third kappa shape index (κ3) is 3.76. The maximum atomic E-state index is 13.4.